The molecule has 2 aliphatic rings. The molecule has 426 valence electrons. The number of allylic oxidation sites excluding steroid dienone is 12. The zero-order chi connectivity index (χ0) is 53.9. The number of unbranched alkanes of at least 4 members (excludes halogenated alkanes) is 18. The standard InChI is InChI=1S/C59H100O15/c1-3-5-7-9-11-13-15-17-19-21-22-23-24-26-27-29-31-33-35-37-39-41-50(61)69-44-47(72-51(62)42-40-38-36-34-32-30-28-25-20-18-16-14-12-10-8-6-4-2)45-70-58-57(68)55(66)53(64)49(74-58)46-71-59-56(67)54(65)52(63)48(43-60)73-59/h6,8,12,14-15,17-18,20-22,28,30,47-49,52-60,63-68H,3-5,7,9-11,13,16,19,23-27,29,31-46H2,1-2H3/b8-6-,14-12-,17-15-,20-18-,22-21-,30-28-. The van der Waals surface area contributed by atoms with Gasteiger partial charge >= 0.3 is 11.9 Å². The van der Waals surface area contributed by atoms with Gasteiger partial charge in [-0.15, -0.1) is 0 Å². The summed E-state index contributed by atoms with van der Waals surface area (Å²) in [6, 6.07) is 0. The molecule has 0 spiro atoms. The molecule has 2 heterocycles. The van der Waals surface area contributed by atoms with Gasteiger partial charge in [-0.1, -0.05) is 170 Å². The first-order valence-electron chi connectivity index (χ1n) is 28.5. The second-order valence-corrected chi connectivity index (χ2v) is 19.7. The fraction of sp³-hybridized carbons (Fsp3) is 0.763. The highest BCUT2D eigenvalue weighted by atomic mass is 16.7. The molecule has 0 aromatic heterocycles. The highest BCUT2D eigenvalue weighted by molar-refractivity contribution is 5.70. The van der Waals surface area contributed by atoms with Crippen molar-refractivity contribution in [1.82, 2.24) is 0 Å². The van der Waals surface area contributed by atoms with Gasteiger partial charge in [0.05, 0.1) is 19.8 Å². The summed E-state index contributed by atoms with van der Waals surface area (Å²) in [4.78, 5) is 25.9. The van der Waals surface area contributed by atoms with Crippen molar-refractivity contribution in [3.8, 4) is 0 Å². The van der Waals surface area contributed by atoms with E-state index < -0.39 is 99.3 Å². The lowest BCUT2D eigenvalue weighted by Gasteiger charge is -2.42. The van der Waals surface area contributed by atoms with Gasteiger partial charge in [-0.25, -0.2) is 0 Å². The Bertz CT molecular complexity index is 1560. The number of esters is 2. The van der Waals surface area contributed by atoms with Crippen LogP contribution in [-0.4, -0.2) is 142 Å². The van der Waals surface area contributed by atoms with Gasteiger partial charge in [0.1, 0.15) is 55.4 Å². The summed E-state index contributed by atoms with van der Waals surface area (Å²) in [7, 11) is 0. The molecule has 11 atom stereocenters. The van der Waals surface area contributed by atoms with E-state index in [2.05, 4.69) is 86.8 Å². The summed E-state index contributed by atoms with van der Waals surface area (Å²) in [5.41, 5.74) is 0. The number of carbonyl (C=O) groups excluding carboxylic acids is 2. The average Bonchev–Trinajstić information content (AvgIpc) is 3.39. The predicted octanol–water partition coefficient (Wildman–Crippen LogP) is 9.38. The van der Waals surface area contributed by atoms with Crippen LogP contribution in [0.1, 0.15) is 194 Å². The number of ether oxygens (including phenoxy) is 6. The lowest BCUT2D eigenvalue weighted by atomic mass is 9.98. The fourth-order valence-corrected chi connectivity index (χ4v) is 8.53. The van der Waals surface area contributed by atoms with Crippen LogP contribution in [0.5, 0.6) is 0 Å². The third-order valence-electron chi connectivity index (χ3n) is 13.2. The minimum atomic E-state index is -1.77. The summed E-state index contributed by atoms with van der Waals surface area (Å²) < 4.78 is 33.6. The van der Waals surface area contributed by atoms with Crippen molar-refractivity contribution in [2.75, 3.05) is 26.4 Å². The number of hydrogen-bond donors (Lipinski definition) is 7. The second-order valence-electron chi connectivity index (χ2n) is 19.7. The van der Waals surface area contributed by atoms with E-state index in [9.17, 15) is 45.3 Å². The SMILES string of the molecule is CC/C=C\C/C=C\C/C=C\C/C=C\CCCCCCC(=O)OC(COC(=O)CCCCCCCCCCC/C=C\C/C=C\CCCCCCC)COC1OC(COC2OC(CO)C(O)C(O)C2O)C(O)C(O)C1O. The summed E-state index contributed by atoms with van der Waals surface area (Å²) >= 11 is 0. The minimum Gasteiger partial charge on any atom is -0.462 e. The van der Waals surface area contributed by atoms with Crippen molar-refractivity contribution in [3.63, 3.8) is 0 Å². The van der Waals surface area contributed by atoms with Crippen molar-refractivity contribution >= 4 is 11.9 Å². The van der Waals surface area contributed by atoms with E-state index in [1.165, 1.54) is 70.6 Å². The van der Waals surface area contributed by atoms with Gasteiger partial charge in [0.2, 0.25) is 0 Å². The van der Waals surface area contributed by atoms with Gasteiger partial charge in [-0.3, -0.25) is 9.59 Å². The average molecular weight is 1050 g/mol. The normalized spacial score (nSPS) is 25.2. The largest absolute Gasteiger partial charge is 0.462 e. The van der Waals surface area contributed by atoms with Gasteiger partial charge < -0.3 is 64.2 Å². The van der Waals surface area contributed by atoms with Crippen LogP contribution in [0.15, 0.2) is 72.9 Å². The van der Waals surface area contributed by atoms with Crippen LogP contribution in [-0.2, 0) is 38.0 Å². The first-order valence-corrected chi connectivity index (χ1v) is 28.5. The number of hydrogen-bond acceptors (Lipinski definition) is 15. The number of aliphatic hydroxyl groups is 7. The van der Waals surface area contributed by atoms with Crippen LogP contribution < -0.4 is 0 Å². The molecule has 7 N–H and O–H groups in total. The maximum Gasteiger partial charge on any atom is 0.306 e. The van der Waals surface area contributed by atoms with E-state index >= 15 is 0 Å². The Hall–Kier alpha value is -3.06. The van der Waals surface area contributed by atoms with Gasteiger partial charge in [0.15, 0.2) is 18.7 Å². The van der Waals surface area contributed by atoms with Crippen LogP contribution >= 0.6 is 0 Å². The first-order chi connectivity index (χ1) is 36.0. The lowest BCUT2D eigenvalue weighted by molar-refractivity contribution is -0.332. The highest BCUT2D eigenvalue weighted by Crippen LogP contribution is 2.26. The zero-order valence-corrected chi connectivity index (χ0v) is 45.3. The monoisotopic (exact) mass is 1050 g/mol. The van der Waals surface area contributed by atoms with Crippen molar-refractivity contribution in [3.05, 3.63) is 72.9 Å². The molecule has 11 unspecified atom stereocenters. The molecule has 2 fully saturated rings. The van der Waals surface area contributed by atoms with Crippen LogP contribution in [0.4, 0.5) is 0 Å². The Kier molecular flexibility index (Phi) is 40.8. The van der Waals surface area contributed by atoms with Crippen molar-refractivity contribution < 1.29 is 73.8 Å². The van der Waals surface area contributed by atoms with Crippen molar-refractivity contribution in [2.45, 2.75) is 261 Å². The Balaban J connectivity index is 1.77. The maximum atomic E-state index is 13.0. The molecule has 0 amide bonds. The maximum absolute atomic E-state index is 13.0. The summed E-state index contributed by atoms with van der Waals surface area (Å²) in [5, 5.41) is 72.3. The fourth-order valence-electron chi connectivity index (χ4n) is 8.53. The molecule has 0 aromatic rings. The van der Waals surface area contributed by atoms with Gasteiger partial charge in [0, 0.05) is 12.8 Å². The van der Waals surface area contributed by atoms with Crippen LogP contribution in [0, 0.1) is 0 Å². The van der Waals surface area contributed by atoms with E-state index in [-0.39, 0.29) is 19.4 Å². The molecule has 0 bridgehead atoms. The van der Waals surface area contributed by atoms with Crippen LogP contribution in [0.3, 0.4) is 0 Å². The topological polar surface area (TPSA) is 231 Å². The molecule has 15 heteroatoms. The minimum absolute atomic E-state index is 0.133. The third-order valence-corrected chi connectivity index (χ3v) is 13.2. The Morgan fingerprint density at radius 3 is 1.34 bits per heavy atom. The van der Waals surface area contributed by atoms with Crippen LogP contribution in [0.2, 0.25) is 0 Å². The highest BCUT2D eigenvalue weighted by Gasteiger charge is 2.47. The first kappa shape index (κ1) is 67.1. The number of rotatable bonds is 44. The van der Waals surface area contributed by atoms with Crippen molar-refractivity contribution in [1.29, 1.82) is 0 Å². The third kappa shape index (κ3) is 31.9. The molecular weight excluding hydrogens is 949 g/mol. The van der Waals surface area contributed by atoms with E-state index in [1.807, 2.05) is 0 Å². The van der Waals surface area contributed by atoms with E-state index in [4.69, 9.17) is 28.4 Å². The Morgan fingerprint density at radius 2 is 0.851 bits per heavy atom. The van der Waals surface area contributed by atoms with E-state index in [0.29, 0.717) is 12.8 Å². The zero-order valence-electron chi connectivity index (χ0n) is 45.3. The number of carbonyl (C=O) groups is 2. The summed E-state index contributed by atoms with van der Waals surface area (Å²) in [6.07, 6.45) is 37.7. The smallest absolute Gasteiger partial charge is 0.306 e. The summed E-state index contributed by atoms with van der Waals surface area (Å²) in [5.74, 6) is -0.959. The molecule has 2 rings (SSSR count). The van der Waals surface area contributed by atoms with E-state index in [1.54, 1.807) is 0 Å². The van der Waals surface area contributed by atoms with Crippen molar-refractivity contribution in [2.24, 2.45) is 0 Å². The van der Waals surface area contributed by atoms with Gasteiger partial charge in [-0.2, -0.15) is 0 Å². The Labute approximate surface area is 444 Å². The molecule has 2 aliphatic heterocycles. The van der Waals surface area contributed by atoms with Crippen LogP contribution in [0.25, 0.3) is 0 Å². The Morgan fingerprint density at radius 1 is 0.446 bits per heavy atom. The molecular formula is C59H100O15. The second kappa shape index (κ2) is 45.0. The molecule has 0 aliphatic carbocycles. The molecule has 15 nitrogen and oxygen atoms in total. The molecule has 2 saturated heterocycles. The molecule has 74 heavy (non-hydrogen) atoms. The predicted molar refractivity (Wildman–Crippen MR) is 289 cm³/mol. The quantitative estimate of drug-likeness (QED) is 0.0171. The number of aliphatic hydroxyl groups excluding tert-OH is 7. The molecule has 0 radical (unpaired) electrons. The van der Waals surface area contributed by atoms with Gasteiger partial charge in [-0.05, 0) is 83.5 Å². The van der Waals surface area contributed by atoms with E-state index in [0.717, 1.165) is 83.5 Å². The lowest BCUT2D eigenvalue weighted by Crippen LogP contribution is -2.61. The van der Waals surface area contributed by atoms with Gasteiger partial charge in [0.25, 0.3) is 0 Å². The summed E-state index contributed by atoms with van der Waals surface area (Å²) in [6.45, 7) is 2.44. The molecule has 0 aromatic carbocycles. The molecule has 0 saturated carbocycles.